The third-order valence-corrected chi connectivity index (χ3v) is 3.55. The molecule has 3 atom stereocenters. The number of imide groups is 1. The van der Waals surface area contributed by atoms with E-state index in [0.29, 0.717) is 12.3 Å². The second kappa shape index (κ2) is 3.71. The van der Waals surface area contributed by atoms with Gasteiger partial charge in [-0.2, -0.15) is 0 Å². The Kier molecular flexibility index (Phi) is 2.57. The Morgan fingerprint density at radius 1 is 1.29 bits per heavy atom. The Morgan fingerprint density at radius 2 is 2.07 bits per heavy atom. The second-order valence-corrected chi connectivity index (χ2v) is 4.75. The van der Waals surface area contributed by atoms with E-state index < -0.39 is 0 Å². The van der Waals surface area contributed by atoms with Gasteiger partial charge in [0.2, 0.25) is 11.8 Å². The lowest BCUT2D eigenvalue weighted by molar-refractivity contribution is -0.126. The molecule has 3 heteroatoms. The average molecular weight is 195 g/mol. The van der Waals surface area contributed by atoms with E-state index in [1.54, 1.807) is 0 Å². The number of hydrogen-bond donors (Lipinski definition) is 1. The van der Waals surface area contributed by atoms with Crippen LogP contribution in [0.1, 0.15) is 39.0 Å². The fraction of sp³-hybridized carbons (Fsp3) is 0.818. The summed E-state index contributed by atoms with van der Waals surface area (Å²) in [7, 11) is 0. The Morgan fingerprint density at radius 3 is 2.64 bits per heavy atom. The van der Waals surface area contributed by atoms with E-state index in [1.807, 2.05) is 0 Å². The van der Waals surface area contributed by atoms with Gasteiger partial charge in [0, 0.05) is 12.3 Å². The van der Waals surface area contributed by atoms with Gasteiger partial charge in [-0.25, -0.2) is 0 Å². The van der Waals surface area contributed by atoms with Crippen molar-refractivity contribution in [2.45, 2.75) is 39.0 Å². The van der Waals surface area contributed by atoms with Crippen LogP contribution in [0.5, 0.6) is 0 Å². The third kappa shape index (κ3) is 1.81. The number of amides is 2. The number of carbonyl (C=O) groups is 2. The van der Waals surface area contributed by atoms with Crippen molar-refractivity contribution < 1.29 is 9.59 Å². The molecule has 0 spiro atoms. The van der Waals surface area contributed by atoms with Crippen molar-refractivity contribution in [3.63, 3.8) is 0 Å². The Labute approximate surface area is 84.2 Å². The van der Waals surface area contributed by atoms with Crippen molar-refractivity contribution in [2.75, 3.05) is 0 Å². The minimum Gasteiger partial charge on any atom is -0.296 e. The van der Waals surface area contributed by atoms with Crippen LogP contribution in [0.3, 0.4) is 0 Å². The third-order valence-electron chi connectivity index (χ3n) is 3.55. The van der Waals surface area contributed by atoms with E-state index in [4.69, 9.17) is 0 Å². The van der Waals surface area contributed by atoms with Crippen molar-refractivity contribution >= 4 is 11.8 Å². The van der Waals surface area contributed by atoms with Crippen molar-refractivity contribution in [2.24, 2.45) is 17.8 Å². The lowest BCUT2D eigenvalue weighted by Crippen LogP contribution is -2.28. The highest BCUT2D eigenvalue weighted by molar-refractivity contribution is 6.03. The smallest absolute Gasteiger partial charge is 0.230 e. The number of nitrogens with one attached hydrogen (secondary N) is 1. The van der Waals surface area contributed by atoms with Crippen molar-refractivity contribution in [3.8, 4) is 0 Å². The molecule has 1 aliphatic heterocycles. The van der Waals surface area contributed by atoms with Gasteiger partial charge in [0.05, 0.1) is 0 Å². The van der Waals surface area contributed by atoms with Crippen LogP contribution in [-0.4, -0.2) is 11.8 Å². The first-order chi connectivity index (χ1) is 6.66. The molecule has 3 unspecified atom stereocenters. The summed E-state index contributed by atoms with van der Waals surface area (Å²) in [5.41, 5.74) is 0. The van der Waals surface area contributed by atoms with Gasteiger partial charge in [0.1, 0.15) is 0 Å². The first-order valence-electron chi connectivity index (χ1n) is 5.50. The molecular weight excluding hydrogens is 178 g/mol. The van der Waals surface area contributed by atoms with Gasteiger partial charge in [-0.05, 0) is 24.7 Å². The zero-order chi connectivity index (χ0) is 10.1. The van der Waals surface area contributed by atoms with Crippen LogP contribution in [0.25, 0.3) is 0 Å². The maximum absolute atomic E-state index is 11.5. The molecule has 0 aromatic carbocycles. The minimum atomic E-state index is -0.0850. The fourth-order valence-electron chi connectivity index (χ4n) is 2.80. The summed E-state index contributed by atoms with van der Waals surface area (Å²) in [4.78, 5) is 22.5. The van der Waals surface area contributed by atoms with Crippen LogP contribution in [0, 0.1) is 17.8 Å². The maximum Gasteiger partial charge on any atom is 0.230 e. The van der Waals surface area contributed by atoms with E-state index in [-0.39, 0.29) is 17.7 Å². The summed E-state index contributed by atoms with van der Waals surface area (Å²) in [5, 5.41) is 2.40. The lowest BCUT2D eigenvalue weighted by Gasteiger charge is -2.29. The van der Waals surface area contributed by atoms with Crippen molar-refractivity contribution in [1.29, 1.82) is 0 Å². The highest BCUT2D eigenvalue weighted by atomic mass is 16.2. The van der Waals surface area contributed by atoms with Gasteiger partial charge in [0.15, 0.2) is 0 Å². The van der Waals surface area contributed by atoms with E-state index in [1.165, 1.54) is 12.8 Å². The highest BCUT2D eigenvalue weighted by Crippen LogP contribution is 2.36. The molecule has 0 aromatic rings. The van der Waals surface area contributed by atoms with Crippen LogP contribution in [0.2, 0.25) is 0 Å². The van der Waals surface area contributed by atoms with Gasteiger partial charge >= 0.3 is 0 Å². The first kappa shape index (κ1) is 9.69. The molecule has 78 valence electrons. The molecule has 14 heavy (non-hydrogen) atoms. The van der Waals surface area contributed by atoms with E-state index in [0.717, 1.165) is 18.8 Å². The molecule has 0 aromatic heterocycles. The van der Waals surface area contributed by atoms with Crippen LogP contribution >= 0.6 is 0 Å². The fourth-order valence-corrected chi connectivity index (χ4v) is 2.80. The standard InChI is InChI=1S/C11H17NO2/c1-7-3-2-4-8(5-7)9-6-10(13)12-11(9)14/h7-9H,2-6H2,1H3,(H,12,13,14). The molecule has 1 aliphatic carbocycles. The largest absolute Gasteiger partial charge is 0.296 e. The van der Waals surface area contributed by atoms with Gasteiger partial charge in [0.25, 0.3) is 0 Å². The maximum atomic E-state index is 11.5. The number of hydrogen-bond acceptors (Lipinski definition) is 2. The molecule has 2 rings (SSSR count). The molecule has 1 saturated heterocycles. The van der Waals surface area contributed by atoms with Gasteiger partial charge in [-0.1, -0.05) is 19.8 Å². The summed E-state index contributed by atoms with van der Waals surface area (Å²) in [6.45, 7) is 2.24. The Bertz CT molecular complexity index is 262. The topological polar surface area (TPSA) is 46.2 Å². The van der Waals surface area contributed by atoms with Gasteiger partial charge in [-0.3, -0.25) is 14.9 Å². The highest BCUT2D eigenvalue weighted by Gasteiger charge is 2.38. The molecule has 0 radical (unpaired) electrons. The number of carbonyl (C=O) groups excluding carboxylic acids is 2. The summed E-state index contributed by atoms with van der Waals surface area (Å²) in [6, 6.07) is 0. The molecular formula is C11H17NO2. The van der Waals surface area contributed by atoms with Gasteiger partial charge in [-0.15, -0.1) is 0 Å². The molecule has 2 amide bonds. The zero-order valence-electron chi connectivity index (χ0n) is 8.58. The summed E-state index contributed by atoms with van der Waals surface area (Å²) >= 11 is 0. The zero-order valence-corrected chi connectivity index (χ0v) is 8.58. The summed E-state index contributed by atoms with van der Waals surface area (Å²) in [5.74, 6) is 1.03. The van der Waals surface area contributed by atoms with Crippen molar-refractivity contribution in [3.05, 3.63) is 0 Å². The van der Waals surface area contributed by atoms with Crippen molar-refractivity contribution in [1.82, 2.24) is 5.32 Å². The monoisotopic (exact) mass is 195 g/mol. The predicted octanol–water partition coefficient (Wildman–Crippen LogP) is 1.48. The molecule has 1 heterocycles. The van der Waals surface area contributed by atoms with E-state index >= 15 is 0 Å². The Balaban J connectivity index is 2.00. The van der Waals surface area contributed by atoms with E-state index in [9.17, 15) is 9.59 Å². The van der Waals surface area contributed by atoms with E-state index in [2.05, 4.69) is 12.2 Å². The van der Waals surface area contributed by atoms with Crippen LogP contribution in [0.15, 0.2) is 0 Å². The lowest BCUT2D eigenvalue weighted by atomic mass is 9.75. The second-order valence-electron chi connectivity index (χ2n) is 4.75. The normalized spacial score (nSPS) is 38.5. The van der Waals surface area contributed by atoms with Crippen LogP contribution in [0.4, 0.5) is 0 Å². The van der Waals surface area contributed by atoms with Crippen LogP contribution < -0.4 is 5.32 Å². The number of rotatable bonds is 1. The molecule has 1 N–H and O–H groups in total. The minimum absolute atomic E-state index is 0.0229. The summed E-state index contributed by atoms with van der Waals surface area (Å²) < 4.78 is 0. The molecule has 0 bridgehead atoms. The Hall–Kier alpha value is -0.860. The molecule has 2 fully saturated rings. The molecule has 3 nitrogen and oxygen atoms in total. The SMILES string of the molecule is CC1CCCC(C2CC(=O)NC2=O)C1. The quantitative estimate of drug-likeness (QED) is 0.644. The average Bonchev–Trinajstić information content (AvgIpc) is 2.45. The first-order valence-corrected chi connectivity index (χ1v) is 5.50. The summed E-state index contributed by atoms with van der Waals surface area (Å²) in [6.07, 6.45) is 5.15. The molecule has 1 saturated carbocycles. The molecule has 2 aliphatic rings. The van der Waals surface area contributed by atoms with Gasteiger partial charge < -0.3 is 0 Å². The van der Waals surface area contributed by atoms with Crippen LogP contribution in [-0.2, 0) is 9.59 Å². The predicted molar refractivity (Wildman–Crippen MR) is 52.4 cm³/mol.